The number of carbonyl (C=O) groups is 1. The van der Waals surface area contributed by atoms with Gasteiger partial charge in [-0.1, -0.05) is 26.0 Å². The maximum Gasteiger partial charge on any atom is 0.253 e. The second-order valence-corrected chi connectivity index (χ2v) is 8.08. The molecule has 0 aromatic heterocycles. The summed E-state index contributed by atoms with van der Waals surface area (Å²) in [5.74, 6) is 1.49. The first kappa shape index (κ1) is 25.7. The number of benzene rings is 1. The van der Waals surface area contributed by atoms with Crippen LogP contribution in [0, 0.1) is 5.92 Å². The Kier molecular flexibility index (Phi) is 11.6. The van der Waals surface area contributed by atoms with E-state index in [2.05, 4.69) is 40.4 Å². The lowest BCUT2D eigenvalue weighted by Gasteiger charge is -2.31. The summed E-state index contributed by atoms with van der Waals surface area (Å²) in [5, 5.41) is 6.89. The maximum absolute atomic E-state index is 12.1. The highest BCUT2D eigenvalue weighted by molar-refractivity contribution is 14.0. The van der Waals surface area contributed by atoms with Crippen LogP contribution in [-0.2, 0) is 6.42 Å². The number of nitrogens with one attached hydrogen (secondary N) is 2. The van der Waals surface area contributed by atoms with Gasteiger partial charge in [0.1, 0.15) is 0 Å². The lowest BCUT2D eigenvalue weighted by molar-refractivity contribution is 0.0827. The quantitative estimate of drug-likeness (QED) is 0.318. The number of likely N-dealkylation sites (tertiary alicyclic amines) is 1. The van der Waals surface area contributed by atoms with E-state index in [1.807, 2.05) is 25.2 Å². The first-order chi connectivity index (χ1) is 13.4. The summed E-state index contributed by atoms with van der Waals surface area (Å²) in [4.78, 5) is 20.7. The highest BCUT2D eigenvalue weighted by Gasteiger charge is 2.24. The van der Waals surface area contributed by atoms with Crippen LogP contribution < -0.4 is 10.6 Å². The van der Waals surface area contributed by atoms with E-state index in [-0.39, 0.29) is 29.9 Å². The summed E-state index contributed by atoms with van der Waals surface area (Å²) in [6, 6.07) is 8.39. The first-order valence-electron chi connectivity index (χ1n) is 10.4. The van der Waals surface area contributed by atoms with E-state index in [1.54, 1.807) is 19.0 Å². The molecule has 7 heteroatoms. The minimum atomic E-state index is 0. The number of nitrogens with zero attached hydrogens (tertiary/aromatic N) is 3. The topological polar surface area (TPSA) is 60.0 Å². The Morgan fingerprint density at radius 3 is 2.48 bits per heavy atom. The normalized spacial score (nSPS) is 15.7. The molecule has 1 aliphatic heterocycles. The lowest BCUT2D eigenvalue weighted by Crippen LogP contribution is -2.48. The van der Waals surface area contributed by atoms with Gasteiger partial charge in [0.25, 0.3) is 5.91 Å². The van der Waals surface area contributed by atoms with Crippen LogP contribution >= 0.6 is 24.0 Å². The van der Waals surface area contributed by atoms with Gasteiger partial charge >= 0.3 is 0 Å². The Bertz CT molecular complexity index is 656. The van der Waals surface area contributed by atoms with E-state index in [9.17, 15) is 4.79 Å². The van der Waals surface area contributed by atoms with Crippen LogP contribution in [0.15, 0.2) is 29.3 Å². The fraction of sp³-hybridized carbons (Fsp3) is 0.636. The van der Waals surface area contributed by atoms with E-state index in [1.165, 1.54) is 25.9 Å². The van der Waals surface area contributed by atoms with Gasteiger partial charge in [-0.3, -0.25) is 14.7 Å². The predicted octanol–water partition coefficient (Wildman–Crippen LogP) is 2.83. The van der Waals surface area contributed by atoms with Crippen molar-refractivity contribution in [3.8, 4) is 0 Å². The van der Waals surface area contributed by atoms with Crippen molar-refractivity contribution in [3.05, 3.63) is 35.4 Å². The van der Waals surface area contributed by atoms with Gasteiger partial charge in [0.05, 0.1) is 0 Å². The number of carbonyl (C=O) groups excluding carboxylic acids is 1. The van der Waals surface area contributed by atoms with E-state index in [4.69, 9.17) is 0 Å². The Labute approximate surface area is 193 Å². The summed E-state index contributed by atoms with van der Waals surface area (Å²) in [5.41, 5.74) is 1.88. The van der Waals surface area contributed by atoms with Crippen molar-refractivity contribution in [1.82, 2.24) is 20.4 Å². The molecule has 0 bridgehead atoms. The monoisotopic (exact) mass is 515 g/mol. The molecular weight excluding hydrogens is 477 g/mol. The van der Waals surface area contributed by atoms with Crippen molar-refractivity contribution in [2.45, 2.75) is 39.2 Å². The van der Waals surface area contributed by atoms with Gasteiger partial charge in [0, 0.05) is 45.8 Å². The molecule has 2 N–H and O–H groups in total. The molecule has 29 heavy (non-hydrogen) atoms. The van der Waals surface area contributed by atoms with E-state index in [0.29, 0.717) is 12.0 Å². The van der Waals surface area contributed by atoms with Gasteiger partial charge < -0.3 is 15.5 Å². The highest BCUT2D eigenvalue weighted by Crippen LogP contribution is 2.17. The number of amides is 1. The third-order valence-corrected chi connectivity index (χ3v) is 5.37. The van der Waals surface area contributed by atoms with Gasteiger partial charge in [-0.25, -0.2) is 0 Å². The molecule has 1 heterocycles. The molecule has 0 aliphatic carbocycles. The number of guanidine groups is 1. The average Bonchev–Trinajstić information content (AvgIpc) is 3.20. The van der Waals surface area contributed by atoms with Gasteiger partial charge in [-0.2, -0.15) is 0 Å². The van der Waals surface area contributed by atoms with E-state index >= 15 is 0 Å². The number of hydrogen-bond acceptors (Lipinski definition) is 3. The second-order valence-electron chi connectivity index (χ2n) is 8.08. The average molecular weight is 515 g/mol. The highest BCUT2D eigenvalue weighted by atomic mass is 127. The molecule has 1 fully saturated rings. The van der Waals surface area contributed by atoms with Crippen molar-refractivity contribution < 1.29 is 4.79 Å². The first-order valence-corrected chi connectivity index (χ1v) is 10.4. The van der Waals surface area contributed by atoms with Crippen LogP contribution in [-0.4, -0.2) is 75.0 Å². The molecular formula is C22H38IN5O. The lowest BCUT2D eigenvalue weighted by atomic mass is 10.0. The molecule has 0 radical (unpaired) electrons. The van der Waals surface area contributed by atoms with Crippen LogP contribution in [0.5, 0.6) is 0 Å². The van der Waals surface area contributed by atoms with Crippen LogP contribution in [0.3, 0.4) is 0 Å². The number of hydrogen-bond donors (Lipinski definition) is 2. The predicted molar refractivity (Wildman–Crippen MR) is 132 cm³/mol. The molecule has 1 aliphatic rings. The van der Waals surface area contributed by atoms with Crippen LogP contribution in [0.4, 0.5) is 0 Å². The fourth-order valence-electron chi connectivity index (χ4n) is 3.72. The smallest absolute Gasteiger partial charge is 0.253 e. The Balaban J connectivity index is 0.00000420. The van der Waals surface area contributed by atoms with Gasteiger partial charge in [-0.05, 0) is 56.0 Å². The Morgan fingerprint density at radius 2 is 1.90 bits per heavy atom. The zero-order valence-corrected chi connectivity index (χ0v) is 20.9. The third kappa shape index (κ3) is 8.12. The van der Waals surface area contributed by atoms with Crippen molar-refractivity contribution in [2.75, 3.05) is 47.3 Å². The standard InChI is InChI=1S/C22H37N5O.HI/c1-17(2)20(27-13-6-7-14-27)16-25-22(23-3)24-12-11-18-9-8-10-19(15-18)21(28)26(4)5;/h8-10,15,17,20H,6-7,11-14,16H2,1-5H3,(H2,23,24,25);1H. The number of halogens is 1. The fourth-order valence-corrected chi connectivity index (χ4v) is 3.72. The molecule has 0 saturated carbocycles. The van der Waals surface area contributed by atoms with E-state index < -0.39 is 0 Å². The van der Waals surface area contributed by atoms with E-state index in [0.717, 1.165) is 36.6 Å². The molecule has 2 rings (SSSR count). The summed E-state index contributed by atoms with van der Waals surface area (Å²) in [6.07, 6.45) is 3.46. The van der Waals surface area contributed by atoms with Crippen molar-refractivity contribution >= 4 is 35.8 Å². The molecule has 1 amide bonds. The summed E-state index contributed by atoms with van der Waals surface area (Å²) < 4.78 is 0. The van der Waals surface area contributed by atoms with Crippen LogP contribution in [0.25, 0.3) is 0 Å². The Hall–Kier alpha value is -1.35. The molecule has 1 unspecified atom stereocenters. The third-order valence-electron chi connectivity index (χ3n) is 5.37. The van der Waals surface area contributed by atoms with Crippen LogP contribution in [0.1, 0.15) is 42.6 Å². The van der Waals surface area contributed by atoms with Crippen LogP contribution in [0.2, 0.25) is 0 Å². The molecule has 1 atom stereocenters. The molecule has 1 aromatic carbocycles. The van der Waals surface area contributed by atoms with Gasteiger partial charge in [0.15, 0.2) is 5.96 Å². The maximum atomic E-state index is 12.1. The minimum absolute atomic E-state index is 0. The van der Waals surface area contributed by atoms with Gasteiger partial charge in [-0.15, -0.1) is 24.0 Å². The second kappa shape index (κ2) is 13.1. The summed E-state index contributed by atoms with van der Waals surface area (Å²) >= 11 is 0. The van der Waals surface area contributed by atoms with Crippen molar-refractivity contribution in [2.24, 2.45) is 10.9 Å². The number of aliphatic imine (C=N–C) groups is 1. The summed E-state index contributed by atoms with van der Waals surface area (Å²) in [7, 11) is 5.36. The van der Waals surface area contributed by atoms with Gasteiger partial charge in [0.2, 0.25) is 0 Å². The van der Waals surface area contributed by atoms with Crippen molar-refractivity contribution in [3.63, 3.8) is 0 Å². The zero-order valence-electron chi connectivity index (χ0n) is 18.6. The Morgan fingerprint density at radius 1 is 1.21 bits per heavy atom. The molecule has 0 spiro atoms. The minimum Gasteiger partial charge on any atom is -0.356 e. The SMILES string of the molecule is CN=C(NCCc1cccc(C(=O)N(C)C)c1)NCC(C(C)C)N1CCCC1.I. The molecule has 1 aromatic rings. The zero-order chi connectivity index (χ0) is 20.5. The number of rotatable bonds is 8. The molecule has 1 saturated heterocycles. The summed E-state index contributed by atoms with van der Waals surface area (Å²) in [6.45, 7) is 8.68. The largest absolute Gasteiger partial charge is 0.356 e. The van der Waals surface area contributed by atoms with Crippen molar-refractivity contribution in [1.29, 1.82) is 0 Å². The molecule has 164 valence electrons. The molecule has 6 nitrogen and oxygen atoms in total.